The Morgan fingerprint density at radius 2 is 1.68 bits per heavy atom. The molecule has 0 fully saturated rings. The second-order valence-corrected chi connectivity index (χ2v) is 5.49. The molecule has 0 bridgehead atoms. The predicted molar refractivity (Wildman–Crippen MR) is 89.4 cm³/mol. The van der Waals surface area contributed by atoms with Crippen LogP contribution in [0, 0.1) is 0 Å². The molecule has 0 unspecified atom stereocenters. The highest BCUT2D eigenvalue weighted by Gasteiger charge is 2.07. The summed E-state index contributed by atoms with van der Waals surface area (Å²) in [5, 5.41) is 2.73. The van der Waals surface area contributed by atoms with Crippen molar-refractivity contribution < 1.29 is 4.74 Å². The summed E-state index contributed by atoms with van der Waals surface area (Å²) in [5.74, 6) is 1.61. The summed E-state index contributed by atoms with van der Waals surface area (Å²) in [7, 11) is 0. The highest BCUT2D eigenvalue weighted by atomic mass is 35.5. The van der Waals surface area contributed by atoms with Crippen LogP contribution in [-0.2, 0) is 6.61 Å². The van der Waals surface area contributed by atoms with Crippen LogP contribution in [0.15, 0.2) is 60.7 Å². The highest BCUT2D eigenvalue weighted by molar-refractivity contribution is 6.35. The number of benzene rings is 3. The molecule has 0 spiro atoms. The van der Waals surface area contributed by atoms with Gasteiger partial charge in [0.15, 0.2) is 0 Å². The summed E-state index contributed by atoms with van der Waals surface area (Å²) in [6.45, 7) is 0.389. The molecule has 4 rings (SSSR count). The molecule has 0 radical (unpaired) electrons. The highest BCUT2D eigenvalue weighted by Crippen LogP contribution is 2.31. The van der Waals surface area contributed by atoms with Crippen molar-refractivity contribution >= 4 is 33.4 Å². The van der Waals surface area contributed by atoms with Gasteiger partial charge < -0.3 is 9.72 Å². The van der Waals surface area contributed by atoms with Crippen molar-refractivity contribution in [2.24, 2.45) is 0 Å². The van der Waals surface area contributed by atoms with Crippen LogP contribution in [0.5, 0.6) is 5.75 Å². The molecule has 4 heteroatoms. The van der Waals surface area contributed by atoms with Crippen LogP contribution in [0.25, 0.3) is 21.8 Å². The van der Waals surface area contributed by atoms with Crippen LogP contribution >= 0.6 is 11.6 Å². The molecule has 1 N–H and O–H groups in total. The minimum Gasteiger partial charge on any atom is -0.485 e. The average Bonchev–Trinajstić information content (AvgIpc) is 2.97. The zero-order chi connectivity index (χ0) is 14.9. The number of rotatable bonds is 3. The van der Waals surface area contributed by atoms with Gasteiger partial charge >= 0.3 is 0 Å². The summed E-state index contributed by atoms with van der Waals surface area (Å²) in [6, 6.07) is 19.6. The minimum absolute atomic E-state index is 0.389. The van der Waals surface area contributed by atoms with E-state index in [4.69, 9.17) is 16.3 Å². The number of halogens is 1. The zero-order valence-electron chi connectivity index (χ0n) is 11.7. The number of H-pyrrole nitrogens is 1. The maximum atomic E-state index is 6.23. The van der Waals surface area contributed by atoms with Gasteiger partial charge in [0.05, 0.1) is 11.0 Å². The number of para-hydroxylation sites is 2. The van der Waals surface area contributed by atoms with Crippen LogP contribution in [0.2, 0.25) is 5.02 Å². The van der Waals surface area contributed by atoms with E-state index in [2.05, 4.69) is 9.97 Å². The molecule has 0 atom stereocenters. The first-order valence-corrected chi connectivity index (χ1v) is 7.43. The fraction of sp³-hybridized carbons (Fsp3) is 0.0556. The first-order valence-electron chi connectivity index (χ1n) is 7.05. The Morgan fingerprint density at radius 3 is 2.55 bits per heavy atom. The third-order valence-electron chi connectivity index (χ3n) is 3.63. The second kappa shape index (κ2) is 5.35. The Labute approximate surface area is 132 Å². The van der Waals surface area contributed by atoms with Gasteiger partial charge in [0.2, 0.25) is 0 Å². The molecule has 1 aromatic heterocycles. The predicted octanol–water partition coefficient (Wildman–Crippen LogP) is 4.95. The molecule has 0 saturated carbocycles. The number of imidazole rings is 1. The van der Waals surface area contributed by atoms with Crippen LogP contribution in [0.4, 0.5) is 0 Å². The lowest BCUT2D eigenvalue weighted by Crippen LogP contribution is -1.98. The van der Waals surface area contributed by atoms with Crippen LogP contribution in [0.1, 0.15) is 5.82 Å². The van der Waals surface area contributed by atoms with Gasteiger partial charge in [0, 0.05) is 15.8 Å². The standard InChI is InChI=1S/C18H13ClN2O/c19-14-9-10-17(13-6-2-1-5-12(13)14)22-11-18-20-15-7-3-4-8-16(15)21-18/h1-10H,11H2,(H,20,21). The van der Waals surface area contributed by atoms with Gasteiger partial charge in [0.1, 0.15) is 18.2 Å². The van der Waals surface area contributed by atoms with Crippen LogP contribution in [-0.4, -0.2) is 9.97 Å². The second-order valence-electron chi connectivity index (χ2n) is 5.08. The molecule has 0 aliphatic heterocycles. The lowest BCUT2D eigenvalue weighted by Gasteiger charge is -2.09. The minimum atomic E-state index is 0.389. The van der Waals surface area contributed by atoms with Gasteiger partial charge in [-0.25, -0.2) is 4.98 Å². The quantitative estimate of drug-likeness (QED) is 0.581. The molecule has 0 aliphatic carbocycles. The Morgan fingerprint density at radius 1 is 0.909 bits per heavy atom. The van der Waals surface area contributed by atoms with Gasteiger partial charge in [-0.05, 0) is 24.3 Å². The van der Waals surface area contributed by atoms with Gasteiger partial charge in [-0.2, -0.15) is 0 Å². The molecule has 22 heavy (non-hydrogen) atoms. The largest absolute Gasteiger partial charge is 0.485 e. The van der Waals surface area contributed by atoms with Crippen molar-refractivity contribution in [3.63, 3.8) is 0 Å². The molecule has 0 aliphatic rings. The summed E-state index contributed by atoms with van der Waals surface area (Å²) in [5.41, 5.74) is 1.96. The Bertz CT molecular complexity index is 929. The van der Waals surface area contributed by atoms with Crippen molar-refractivity contribution in [1.82, 2.24) is 9.97 Å². The van der Waals surface area contributed by atoms with Gasteiger partial charge in [-0.3, -0.25) is 0 Å². The molecular weight excluding hydrogens is 296 g/mol. The number of nitrogens with one attached hydrogen (secondary N) is 1. The summed E-state index contributed by atoms with van der Waals surface area (Å²) >= 11 is 6.23. The van der Waals surface area contributed by atoms with E-state index < -0.39 is 0 Å². The van der Waals surface area contributed by atoms with E-state index in [0.717, 1.165) is 38.4 Å². The van der Waals surface area contributed by atoms with E-state index >= 15 is 0 Å². The maximum absolute atomic E-state index is 6.23. The van der Waals surface area contributed by atoms with Gasteiger partial charge in [0.25, 0.3) is 0 Å². The summed E-state index contributed by atoms with van der Waals surface area (Å²) in [4.78, 5) is 7.78. The number of aromatic nitrogens is 2. The van der Waals surface area contributed by atoms with E-state index in [1.165, 1.54) is 0 Å². The van der Waals surface area contributed by atoms with Crippen molar-refractivity contribution in [2.75, 3.05) is 0 Å². The zero-order valence-corrected chi connectivity index (χ0v) is 12.5. The van der Waals surface area contributed by atoms with Crippen LogP contribution in [0.3, 0.4) is 0 Å². The fourth-order valence-corrected chi connectivity index (χ4v) is 2.81. The van der Waals surface area contributed by atoms with Gasteiger partial charge in [-0.1, -0.05) is 48.0 Å². The third kappa shape index (κ3) is 2.30. The Kier molecular flexibility index (Phi) is 3.20. The number of aromatic amines is 1. The first-order chi connectivity index (χ1) is 10.8. The average molecular weight is 309 g/mol. The third-order valence-corrected chi connectivity index (χ3v) is 3.96. The lowest BCUT2D eigenvalue weighted by atomic mass is 10.1. The molecule has 0 amide bonds. The van der Waals surface area contributed by atoms with Gasteiger partial charge in [-0.15, -0.1) is 0 Å². The number of hydrogen-bond acceptors (Lipinski definition) is 2. The topological polar surface area (TPSA) is 37.9 Å². The van der Waals surface area contributed by atoms with Crippen molar-refractivity contribution in [3.05, 3.63) is 71.5 Å². The van der Waals surface area contributed by atoms with E-state index in [1.807, 2.05) is 60.7 Å². The monoisotopic (exact) mass is 308 g/mol. The molecule has 1 heterocycles. The molecule has 4 aromatic rings. The van der Waals surface area contributed by atoms with Crippen molar-refractivity contribution in [1.29, 1.82) is 0 Å². The van der Waals surface area contributed by atoms with Crippen molar-refractivity contribution in [3.8, 4) is 5.75 Å². The normalized spacial score (nSPS) is 11.1. The molecular formula is C18H13ClN2O. The number of hydrogen-bond donors (Lipinski definition) is 1. The molecule has 3 aromatic carbocycles. The Hall–Kier alpha value is -2.52. The number of fused-ring (bicyclic) bond motifs is 2. The smallest absolute Gasteiger partial charge is 0.146 e. The van der Waals surface area contributed by atoms with Crippen LogP contribution < -0.4 is 4.74 Å². The fourth-order valence-electron chi connectivity index (χ4n) is 2.58. The number of ether oxygens (including phenoxy) is 1. The molecule has 108 valence electrons. The van der Waals surface area contributed by atoms with Crippen molar-refractivity contribution in [2.45, 2.75) is 6.61 Å². The first kappa shape index (κ1) is 13.2. The van der Waals surface area contributed by atoms with E-state index in [0.29, 0.717) is 6.61 Å². The van der Waals surface area contributed by atoms with E-state index in [-0.39, 0.29) is 0 Å². The SMILES string of the molecule is Clc1ccc(OCc2nc3ccccc3[nH]2)c2ccccc12. The summed E-state index contributed by atoms with van der Waals surface area (Å²) < 4.78 is 5.94. The molecule has 3 nitrogen and oxygen atoms in total. The maximum Gasteiger partial charge on any atom is 0.146 e. The Balaban J connectivity index is 1.65. The summed E-state index contributed by atoms with van der Waals surface area (Å²) in [6.07, 6.45) is 0. The van der Waals surface area contributed by atoms with E-state index in [1.54, 1.807) is 0 Å². The molecule has 0 saturated heterocycles. The number of nitrogens with zero attached hydrogens (tertiary/aromatic N) is 1. The lowest BCUT2D eigenvalue weighted by molar-refractivity contribution is 0.301. The van der Waals surface area contributed by atoms with E-state index in [9.17, 15) is 0 Å².